The fourth-order valence-corrected chi connectivity index (χ4v) is 3.41. The maximum Gasteiger partial charge on any atom is 0.176 e. The highest BCUT2D eigenvalue weighted by Crippen LogP contribution is 2.31. The van der Waals surface area contributed by atoms with E-state index in [-0.39, 0.29) is 24.5 Å². The first-order valence-electron chi connectivity index (χ1n) is 8.07. The normalized spacial score (nSPS) is 34.3. The summed E-state index contributed by atoms with van der Waals surface area (Å²) in [5.41, 5.74) is 0.954. The molecule has 2 saturated heterocycles. The van der Waals surface area contributed by atoms with Gasteiger partial charge >= 0.3 is 0 Å². The van der Waals surface area contributed by atoms with Crippen LogP contribution < -0.4 is 5.32 Å². The SMILES string of the molecule is CCN(CC)[C@H]1[C@@H]2OC[C@@H](O2)[C@@H](NCc2ccccn2)[C@@H]1O. The summed E-state index contributed by atoms with van der Waals surface area (Å²) in [7, 11) is 0. The lowest BCUT2D eigenvalue weighted by atomic mass is 9.94. The molecule has 122 valence electrons. The Morgan fingerprint density at radius 1 is 1.36 bits per heavy atom. The Bertz CT molecular complexity index is 467. The lowest BCUT2D eigenvalue weighted by molar-refractivity contribution is -0.181. The monoisotopic (exact) mass is 307 g/mol. The molecule has 22 heavy (non-hydrogen) atoms. The van der Waals surface area contributed by atoms with E-state index < -0.39 is 6.10 Å². The molecule has 2 aliphatic rings. The molecule has 1 aromatic rings. The standard InChI is InChI=1S/C16H25N3O3/c1-3-19(4-2)14-15(20)13(12-10-21-16(14)22-12)18-9-11-7-5-6-8-17-11/h5-8,12-16,18,20H,3-4,9-10H2,1-2H3/t12-,13-,14-,15+,16-/m1/s1. The Kier molecular flexibility index (Phi) is 5.05. The number of rotatable bonds is 6. The van der Waals surface area contributed by atoms with Gasteiger partial charge in [0.25, 0.3) is 0 Å². The van der Waals surface area contributed by atoms with Gasteiger partial charge in [-0.15, -0.1) is 0 Å². The number of likely N-dealkylation sites (N-methyl/N-ethyl adjacent to an activating group) is 1. The maximum absolute atomic E-state index is 10.8. The van der Waals surface area contributed by atoms with Crippen molar-refractivity contribution in [2.75, 3.05) is 19.7 Å². The fraction of sp³-hybridized carbons (Fsp3) is 0.688. The second-order valence-corrected chi connectivity index (χ2v) is 5.81. The van der Waals surface area contributed by atoms with Crippen molar-refractivity contribution in [1.29, 1.82) is 0 Å². The molecule has 0 amide bonds. The lowest BCUT2D eigenvalue weighted by Gasteiger charge is -2.43. The number of nitrogens with zero attached hydrogens (tertiary/aromatic N) is 2. The van der Waals surface area contributed by atoms with Crippen molar-refractivity contribution in [2.24, 2.45) is 0 Å². The summed E-state index contributed by atoms with van der Waals surface area (Å²) in [6, 6.07) is 5.55. The van der Waals surface area contributed by atoms with Gasteiger partial charge in [-0.2, -0.15) is 0 Å². The highest BCUT2D eigenvalue weighted by molar-refractivity contribution is 5.06. The second-order valence-electron chi connectivity index (χ2n) is 5.81. The van der Waals surface area contributed by atoms with Gasteiger partial charge in [0, 0.05) is 12.7 Å². The molecule has 2 fully saturated rings. The lowest BCUT2D eigenvalue weighted by Crippen LogP contribution is -2.64. The van der Waals surface area contributed by atoms with Crippen LogP contribution in [-0.2, 0) is 16.0 Å². The Morgan fingerprint density at radius 3 is 2.86 bits per heavy atom. The van der Waals surface area contributed by atoms with E-state index in [9.17, 15) is 5.11 Å². The highest BCUT2D eigenvalue weighted by Gasteiger charge is 2.51. The largest absolute Gasteiger partial charge is 0.390 e. The van der Waals surface area contributed by atoms with Gasteiger partial charge in [-0.1, -0.05) is 19.9 Å². The third kappa shape index (κ3) is 3.02. The summed E-state index contributed by atoms with van der Waals surface area (Å²) in [4.78, 5) is 6.51. The summed E-state index contributed by atoms with van der Waals surface area (Å²) in [5.74, 6) is 0. The minimum absolute atomic E-state index is 0.101. The third-order valence-corrected chi connectivity index (χ3v) is 4.61. The number of aliphatic hydroxyl groups excluding tert-OH is 1. The number of hydrogen-bond acceptors (Lipinski definition) is 6. The number of pyridine rings is 1. The minimum Gasteiger partial charge on any atom is -0.390 e. The van der Waals surface area contributed by atoms with Crippen LogP contribution in [0.3, 0.4) is 0 Å². The quantitative estimate of drug-likeness (QED) is 0.791. The van der Waals surface area contributed by atoms with E-state index in [2.05, 4.69) is 29.0 Å². The Hall–Kier alpha value is -1.05. The first-order chi connectivity index (χ1) is 10.7. The average molecular weight is 307 g/mol. The Balaban J connectivity index is 1.70. The predicted octanol–water partition coefficient (Wildman–Crippen LogP) is 0.366. The molecule has 3 rings (SSSR count). The summed E-state index contributed by atoms with van der Waals surface area (Å²) in [6.45, 7) is 7.04. The summed E-state index contributed by atoms with van der Waals surface area (Å²) in [6.07, 6.45) is 0.830. The predicted molar refractivity (Wildman–Crippen MR) is 82.2 cm³/mol. The summed E-state index contributed by atoms with van der Waals surface area (Å²) >= 11 is 0. The number of ether oxygens (including phenoxy) is 2. The zero-order valence-corrected chi connectivity index (χ0v) is 13.2. The topological polar surface area (TPSA) is 66.9 Å². The van der Waals surface area contributed by atoms with E-state index in [0.717, 1.165) is 18.8 Å². The molecule has 0 unspecified atom stereocenters. The van der Waals surface area contributed by atoms with E-state index in [1.165, 1.54) is 0 Å². The van der Waals surface area contributed by atoms with Crippen LogP contribution in [0.4, 0.5) is 0 Å². The first kappa shape index (κ1) is 15.8. The van der Waals surface area contributed by atoms with Crippen molar-refractivity contribution in [3.05, 3.63) is 30.1 Å². The summed E-state index contributed by atoms with van der Waals surface area (Å²) < 4.78 is 11.7. The van der Waals surface area contributed by atoms with Crippen LogP contribution in [0.5, 0.6) is 0 Å². The fourth-order valence-electron chi connectivity index (χ4n) is 3.41. The Labute approximate surface area is 131 Å². The number of aromatic nitrogens is 1. The van der Waals surface area contributed by atoms with Crippen LogP contribution in [0.2, 0.25) is 0 Å². The van der Waals surface area contributed by atoms with Gasteiger partial charge in [-0.25, -0.2) is 0 Å². The van der Waals surface area contributed by atoms with Crippen molar-refractivity contribution >= 4 is 0 Å². The van der Waals surface area contributed by atoms with E-state index in [1.807, 2.05) is 18.2 Å². The number of fused-ring (bicyclic) bond motifs is 2. The van der Waals surface area contributed by atoms with Crippen molar-refractivity contribution < 1.29 is 14.6 Å². The van der Waals surface area contributed by atoms with Gasteiger partial charge < -0.3 is 19.9 Å². The van der Waals surface area contributed by atoms with E-state index in [4.69, 9.17) is 9.47 Å². The van der Waals surface area contributed by atoms with Gasteiger partial charge in [0.2, 0.25) is 0 Å². The molecule has 2 N–H and O–H groups in total. The molecule has 3 heterocycles. The molecule has 0 aliphatic carbocycles. The minimum atomic E-state index is -0.519. The van der Waals surface area contributed by atoms with Crippen molar-refractivity contribution in [3.63, 3.8) is 0 Å². The molecule has 0 spiro atoms. The van der Waals surface area contributed by atoms with Crippen LogP contribution >= 0.6 is 0 Å². The smallest absolute Gasteiger partial charge is 0.176 e. The summed E-state index contributed by atoms with van der Waals surface area (Å²) in [5, 5.41) is 14.2. The average Bonchev–Trinajstić information content (AvgIpc) is 2.97. The van der Waals surface area contributed by atoms with Crippen molar-refractivity contribution in [3.8, 4) is 0 Å². The molecule has 2 bridgehead atoms. The molecular formula is C16H25N3O3. The third-order valence-electron chi connectivity index (χ3n) is 4.61. The second kappa shape index (κ2) is 7.02. The number of aliphatic hydroxyl groups is 1. The molecule has 6 heteroatoms. The van der Waals surface area contributed by atoms with Gasteiger partial charge in [-0.05, 0) is 25.2 Å². The van der Waals surface area contributed by atoms with Gasteiger partial charge in [0.05, 0.1) is 30.5 Å². The van der Waals surface area contributed by atoms with Gasteiger partial charge in [0.1, 0.15) is 6.10 Å². The van der Waals surface area contributed by atoms with Crippen LogP contribution in [0.25, 0.3) is 0 Å². The number of hydrogen-bond donors (Lipinski definition) is 2. The molecule has 5 atom stereocenters. The molecule has 1 aromatic heterocycles. The van der Waals surface area contributed by atoms with Crippen LogP contribution in [0.1, 0.15) is 19.5 Å². The highest BCUT2D eigenvalue weighted by atomic mass is 16.7. The van der Waals surface area contributed by atoms with Crippen molar-refractivity contribution in [1.82, 2.24) is 15.2 Å². The molecular weight excluding hydrogens is 282 g/mol. The van der Waals surface area contributed by atoms with Crippen LogP contribution in [0, 0.1) is 0 Å². The zero-order valence-electron chi connectivity index (χ0n) is 13.2. The van der Waals surface area contributed by atoms with Gasteiger partial charge in [0.15, 0.2) is 6.29 Å². The first-order valence-corrected chi connectivity index (χ1v) is 8.07. The Morgan fingerprint density at radius 2 is 2.18 bits per heavy atom. The van der Waals surface area contributed by atoms with E-state index >= 15 is 0 Å². The van der Waals surface area contributed by atoms with Crippen LogP contribution in [0.15, 0.2) is 24.4 Å². The van der Waals surface area contributed by atoms with Crippen LogP contribution in [-0.4, -0.2) is 65.3 Å². The molecule has 0 aromatic carbocycles. The van der Waals surface area contributed by atoms with Crippen molar-refractivity contribution in [2.45, 2.75) is 51.0 Å². The van der Waals surface area contributed by atoms with Gasteiger partial charge in [-0.3, -0.25) is 9.88 Å². The number of nitrogens with one attached hydrogen (secondary N) is 1. The molecule has 0 saturated carbocycles. The molecule has 2 aliphatic heterocycles. The van der Waals surface area contributed by atoms with E-state index in [1.54, 1.807) is 6.20 Å². The molecule has 0 radical (unpaired) electrons. The molecule has 6 nitrogen and oxygen atoms in total. The maximum atomic E-state index is 10.8. The van der Waals surface area contributed by atoms with E-state index in [0.29, 0.717) is 13.2 Å². The zero-order chi connectivity index (χ0) is 15.5.